The molecule has 4 aromatic rings. The zero-order valence-corrected chi connectivity index (χ0v) is 23.6. The normalized spacial score (nSPS) is 12.5. The average Bonchev–Trinajstić information content (AvgIpc) is 3.35. The number of ether oxygens (including phenoxy) is 2. The van der Waals surface area contributed by atoms with E-state index >= 15 is 0 Å². The van der Waals surface area contributed by atoms with Gasteiger partial charge in [0.15, 0.2) is 0 Å². The number of hydrazine groups is 1. The number of alkyl halides is 5. The summed E-state index contributed by atoms with van der Waals surface area (Å²) < 4.78 is 77.3. The Morgan fingerprint density at radius 2 is 1.69 bits per heavy atom. The number of aromatic nitrogens is 2. The molecule has 3 aromatic carbocycles. The highest BCUT2D eigenvalue weighted by Gasteiger charge is 2.36. The van der Waals surface area contributed by atoms with Gasteiger partial charge in [-0.15, -0.1) is 24.9 Å². The van der Waals surface area contributed by atoms with Crippen LogP contribution in [0, 0.1) is 0 Å². The maximum atomic E-state index is 14.7. The fourth-order valence-corrected chi connectivity index (χ4v) is 4.82. The minimum atomic E-state index is -4.85. The minimum Gasteiger partial charge on any atom is -0.406 e. The standard InChI is InChI=1S/C29H28F5N5O2S/c1-38-24(15-27(37-38)28(30,31)17-40-2)23-12-9-20(19-5-4-6-22(13-19)42-3)14-25(23)39(36)26(16-35)18-7-10-21(11-8-18)41-29(32,33)34/h4-16H,17,35-36H2,1-3H3/b26-16-. The number of hydrogen-bond acceptors (Lipinski definition) is 7. The van der Waals surface area contributed by atoms with Gasteiger partial charge in [-0.2, -0.15) is 13.9 Å². The number of anilines is 1. The fourth-order valence-electron chi connectivity index (χ4n) is 4.36. The van der Waals surface area contributed by atoms with Crippen LogP contribution in [-0.4, -0.2) is 36.1 Å². The molecule has 4 rings (SSSR count). The fraction of sp³-hybridized carbons (Fsp3) is 0.207. The molecule has 0 saturated carbocycles. The summed E-state index contributed by atoms with van der Waals surface area (Å²) in [4.78, 5) is 1.03. The Labute approximate surface area is 243 Å². The molecule has 4 N–H and O–H groups in total. The molecule has 222 valence electrons. The van der Waals surface area contributed by atoms with E-state index in [0.717, 1.165) is 28.2 Å². The van der Waals surface area contributed by atoms with Crippen molar-refractivity contribution in [2.75, 3.05) is 25.0 Å². The lowest BCUT2D eigenvalue weighted by molar-refractivity contribution is -0.274. The van der Waals surface area contributed by atoms with Crippen LogP contribution in [0.15, 0.2) is 83.9 Å². The second-order valence-corrected chi connectivity index (χ2v) is 10.0. The number of nitrogens with two attached hydrogens (primary N) is 2. The van der Waals surface area contributed by atoms with Crippen LogP contribution >= 0.6 is 11.8 Å². The summed E-state index contributed by atoms with van der Waals surface area (Å²) in [7, 11) is 2.71. The number of thioether (sulfide) groups is 1. The topological polar surface area (TPSA) is 91.6 Å². The molecule has 42 heavy (non-hydrogen) atoms. The third-order valence-corrected chi connectivity index (χ3v) is 7.04. The van der Waals surface area contributed by atoms with Crippen molar-refractivity contribution in [2.45, 2.75) is 17.2 Å². The zero-order valence-electron chi connectivity index (χ0n) is 22.8. The number of nitrogens with zero attached hydrogens (tertiary/aromatic N) is 3. The molecule has 7 nitrogen and oxygen atoms in total. The van der Waals surface area contributed by atoms with Gasteiger partial charge in [0.25, 0.3) is 0 Å². The molecule has 13 heteroatoms. The summed E-state index contributed by atoms with van der Waals surface area (Å²) in [5.74, 6) is 2.87. The van der Waals surface area contributed by atoms with E-state index in [2.05, 4.69) is 14.6 Å². The Morgan fingerprint density at radius 1 is 1.00 bits per heavy atom. The first-order chi connectivity index (χ1) is 19.9. The van der Waals surface area contributed by atoms with Crippen molar-refractivity contribution in [3.05, 3.63) is 90.3 Å². The van der Waals surface area contributed by atoms with Crippen molar-refractivity contribution < 1.29 is 31.4 Å². The first-order valence-electron chi connectivity index (χ1n) is 12.4. The predicted molar refractivity (Wildman–Crippen MR) is 154 cm³/mol. The Balaban J connectivity index is 1.84. The third kappa shape index (κ3) is 6.86. The van der Waals surface area contributed by atoms with E-state index in [1.54, 1.807) is 23.9 Å². The first-order valence-corrected chi connectivity index (χ1v) is 13.6. The van der Waals surface area contributed by atoms with Crippen LogP contribution in [0.4, 0.5) is 27.6 Å². The van der Waals surface area contributed by atoms with Crippen molar-refractivity contribution >= 4 is 23.1 Å². The molecule has 1 aromatic heterocycles. The predicted octanol–water partition coefficient (Wildman–Crippen LogP) is 6.75. The van der Waals surface area contributed by atoms with Crippen LogP contribution < -0.4 is 21.3 Å². The van der Waals surface area contributed by atoms with Crippen LogP contribution in [0.2, 0.25) is 0 Å². The van der Waals surface area contributed by atoms with Crippen LogP contribution in [0.1, 0.15) is 11.3 Å². The van der Waals surface area contributed by atoms with Gasteiger partial charge in [-0.25, -0.2) is 5.84 Å². The van der Waals surface area contributed by atoms with E-state index < -0.39 is 30.3 Å². The summed E-state index contributed by atoms with van der Waals surface area (Å²) in [6.45, 7) is -0.849. The van der Waals surface area contributed by atoms with Gasteiger partial charge >= 0.3 is 12.3 Å². The van der Waals surface area contributed by atoms with Crippen LogP contribution in [-0.2, 0) is 17.7 Å². The summed E-state index contributed by atoms with van der Waals surface area (Å²) in [5.41, 5.74) is 8.90. The van der Waals surface area contributed by atoms with Gasteiger partial charge in [-0.3, -0.25) is 9.69 Å². The lowest BCUT2D eigenvalue weighted by atomic mass is 9.99. The lowest BCUT2D eigenvalue weighted by Gasteiger charge is -2.25. The quantitative estimate of drug-likeness (QED) is 0.0895. The largest absolute Gasteiger partial charge is 0.573 e. The van der Waals surface area contributed by atoms with Gasteiger partial charge < -0.3 is 15.2 Å². The summed E-state index contributed by atoms with van der Waals surface area (Å²) in [5, 5.41) is 5.27. The molecule has 0 unspecified atom stereocenters. The molecular weight excluding hydrogens is 577 g/mol. The molecule has 0 atom stereocenters. The molecule has 0 amide bonds. The highest BCUT2D eigenvalue weighted by Crippen LogP contribution is 2.39. The van der Waals surface area contributed by atoms with Gasteiger partial charge in [0, 0.05) is 36.4 Å². The molecule has 0 fully saturated rings. The van der Waals surface area contributed by atoms with E-state index in [4.69, 9.17) is 11.6 Å². The van der Waals surface area contributed by atoms with Crippen LogP contribution in [0.3, 0.4) is 0 Å². The second-order valence-electron chi connectivity index (χ2n) is 9.13. The van der Waals surface area contributed by atoms with Crippen molar-refractivity contribution in [1.29, 1.82) is 0 Å². The van der Waals surface area contributed by atoms with Gasteiger partial charge in [0.2, 0.25) is 0 Å². The highest BCUT2D eigenvalue weighted by molar-refractivity contribution is 7.98. The molecule has 0 aliphatic rings. The Bertz CT molecular complexity index is 1570. The number of methoxy groups -OCH3 is 1. The van der Waals surface area contributed by atoms with E-state index in [9.17, 15) is 22.0 Å². The van der Waals surface area contributed by atoms with Gasteiger partial charge in [0.1, 0.15) is 18.1 Å². The third-order valence-electron chi connectivity index (χ3n) is 6.32. The van der Waals surface area contributed by atoms with Crippen molar-refractivity contribution in [2.24, 2.45) is 18.6 Å². The van der Waals surface area contributed by atoms with Gasteiger partial charge in [0.05, 0.1) is 17.1 Å². The van der Waals surface area contributed by atoms with Crippen molar-refractivity contribution in [3.8, 4) is 28.1 Å². The Kier molecular flexibility index (Phi) is 9.14. The number of halogens is 5. The SMILES string of the molecule is COCC(F)(F)c1cc(-c2ccc(-c3cccc(SC)c3)cc2N(N)/C(=C\N)c2ccc(OC(F)(F)F)cc2)n(C)n1. The highest BCUT2D eigenvalue weighted by atomic mass is 32.2. The smallest absolute Gasteiger partial charge is 0.406 e. The van der Waals surface area contributed by atoms with Crippen molar-refractivity contribution in [1.82, 2.24) is 9.78 Å². The molecular formula is C29H28F5N5O2S. The molecule has 0 spiro atoms. The van der Waals surface area contributed by atoms with Gasteiger partial charge in [-0.05, 0) is 65.9 Å². The number of hydrogen-bond donors (Lipinski definition) is 2. The second kappa shape index (κ2) is 12.4. The van der Waals surface area contributed by atoms with E-state index in [1.165, 1.54) is 48.2 Å². The van der Waals surface area contributed by atoms with Gasteiger partial charge in [-0.1, -0.05) is 24.3 Å². The summed E-state index contributed by atoms with van der Waals surface area (Å²) in [6, 6.07) is 19.4. The molecule has 1 heterocycles. The lowest BCUT2D eigenvalue weighted by Crippen LogP contribution is -2.30. The molecule has 0 saturated heterocycles. The molecule has 0 aliphatic carbocycles. The monoisotopic (exact) mass is 605 g/mol. The maximum Gasteiger partial charge on any atom is 0.573 e. The summed E-state index contributed by atoms with van der Waals surface area (Å²) >= 11 is 1.58. The number of rotatable bonds is 10. The number of aryl methyl sites for hydroxylation is 1. The Morgan fingerprint density at radius 3 is 2.31 bits per heavy atom. The molecule has 0 radical (unpaired) electrons. The minimum absolute atomic E-state index is 0.233. The number of benzene rings is 3. The molecule has 0 bridgehead atoms. The Hall–Kier alpha value is -4.07. The van der Waals surface area contributed by atoms with Crippen LogP contribution in [0.5, 0.6) is 5.75 Å². The van der Waals surface area contributed by atoms with Crippen molar-refractivity contribution in [3.63, 3.8) is 0 Å². The zero-order chi connectivity index (χ0) is 30.7. The maximum absolute atomic E-state index is 14.7. The van der Waals surface area contributed by atoms with Crippen LogP contribution in [0.25, 0.3) is 28.1 Å². The van der Waals surface area contributed by atoms with E-state index in [-0.39, 0.29) is 5.70 Å². The van der Waals surface area contributed by atoms with E-state index in [1.807, 2.05) is 36.6 Å². The molecule has 0 aliphatic heterocycles. The first kappa shape index (κ1) is 30.9. The summed E-state index contributed by atoms with van der Waals surface area (Å²) in [6.07, 6.45) is -1.69. The van der Waals surface area contributed by atoms with E-state index in [0.29, 0.717) is 22.5 Å². The average molecular weight is 606 g/mol.